The van der Waals surface area contributed by atoms with Gasteiger partial charge in [-0.05, 0) is 19.8 Å². The fourth-order valence-electron chi connectivity index (χ4n) is 2.40. The molecule has 0 saturated heterocycles. The van der Waals surface area contributed by atoms with Crippen molar-refractivity contribution in [2.45, 2.75) is 58.2 Å². The average Bonchev–Trinajstić information content (AvgIpc) is 2.57. The zero-order valence-corrected chi connectivity index (χ0v) is 14.6. The first-order valence-electron chi connectivity index (χ1n) is 8.26. The molecule has 0 bridgehead atoms. The summed E-state index contributed by atoms with van der Waals surface area (Å²) in [6.45, 7) is 3.37. The molecule has 1 aromatic carbocycles. The molecule has 0 aliphatic carbocycles. The van der Waals surface area contributed by atoms with Crippen LogP contribution in [0.25, 0.3) is 0 Å². The Morgan fingerprint density at radius 2 is 1.71 bits per heavy atom. The van der Waals surface area contributed by atoms with Crippen LogP contribution < -0.4 is 0 Å². The summed E-state index contributed by atoms with van der Waals surface area (Å²) in [4.78, 5) is 35.5. The third-order valence-corrected chi connectivity index (χ3v) is 3.79. The Balaban J connectivity index is 2.57. The summed E-state index contributed by atoms with van der Waals surface area (Å²) in [6.07, 6.45) is 0.777. The molecule has 0 spiro atoms. The lowest BCUT2D eigenvalue weighted by atomic mass is 10.0. The van der Waals surface area contributed by atoms with Gasteiger partial charge in [-0.15, -0.1) is 0 Å². The van der Waals surface area contributed by atoms with E-state index in [0.717, 1.165) is 0 Å². The van der Waals surface area contributed by atoms with Crippen LogP contribution in [0.15, 0.2) is 30.3 Å². The summed E-state index contributed by atoms with van der Waals surface area (Å²) in [7, 11) is 1.55. The summed E-state index contributed by atoms with van der Waals surface area (Å²) in [5, 5.41) is 0. The summed E-state index contributed by atoms with van der Waals surface area (Å²) in [5.74, 6) is -0.496. The molecule has 0 fully saturated rings. The zero-order valence-electron chi connectivity index (χ0n) is 14.6. The zero-order chi connectivity index (χ0) is 17.9. The Morgan fingerprint density at radius 1 is 1.04 bits per heavy atom. The number of carbonyl (C=O) groups is 3. The largest absolute Gasteiger partial charge is 0.462 e. The Morgan fingerprint density at radius 3 is 2.25 bits per heavy atom. The van der Waals surface area contributed by atoms with Gasteiger partial charge in [0.25, 0.3) is 0 Å². The van der Waals surface area contributed by atoms with Crippen LogP contribution in [0.2, 0.25) is 0 Å². The molecular formula is C19H26O5. The van der Waals surface area contributed by atoms with Gasteiger partial charge in [0, 0.05) is 25.5 Å². The van der Waals surface area contributed by atoms with Crippen molar-refractivity contribution in [3.8, 4) is 0 Å². The quantitative estimate of drug-likeness (QED) is 0.458. The van der Waals surface area contributed by atoms with Gasteiger partial charge in [-0.1, -0.05) is 37.3 Å². The van der Waals surface area contributed by atoms with Crippen LogP contribution in [0.4, 0.5) is 0 Å². The minimum absolute atomic E-state index is 0.0245. The lowest BCUT2D eigenvalue weighted by Crippen LogP contribution is -2.25. The second-order valence-electron chi connectivity index (χ2n) is 5.82. The molecule has 5 nitrogen and oxygen atoms in total. The third kappa shape index (κ3) is 7.51. The van der Waals surface area contributed by atoms with E-state index in [1.54, 1.807) is 31.4 Å². The maximum atomic E-state index is 12.1. The first-order valence-corrected chi connectivity index (χ1v) is 8.26. The first kappa shape index (κ1) is 20.0. The molecule has 132 valence electrons. The van der Waals surface area contributed by atoms with E-state index >= 15 is 0 Å². The van der Waals surface area contributed by atoms with E-state index in [9.17, 15) is 14.4 Å². The number of benzene rings is 1. The van der Waals surface area contributed by atoms with Crippen LogP contribution in [0.1, 0.15) is 56.3 Å². The molecule has 0 aromatic heterocycles. The van der Waals surface area contributed by atoms with Crippen LogP contribution in [0, 0.1) is 0 Å². The van der Waals surface area contributed by atoms with E-state index in [4.69, 9.17) is 9.47 Å². The highest BCUT2D eigenvalue weighted by Gasteiger charge is 2.20. The summed E-state index contributed by atoms with van der Waals surface area (Å²) >= 11 is 0. The second-order valence-corrected chi connectivity index (χ2v) is 5.82. The van der Waals surface area contributed by atoms with Crippen molar-refractivity contribution in [1.29, 1.82) is 0 Å². The first-order chi connectivity index (χ1) is 11.5. The van der Waals surface area contributed by atoms with Gasteiger partial charge in [0.1, 0.15) is 11.9 Å². The van der Waals surface area contributed by atoms with E-state index in [-0.39, 0.29) is 36.9 Å². The number of ether oxygens (including phenoxy) is 2. The number of rotatable bonds is 11. The topological polar surface area (TPSA) is 69.7 Å². The molecule has 0 amide bonds. The number of esters is 1. The molecule has 5 heteroatoms. The molecule has 0 radical (unpaired) electrons. The summed E-state index contributed by atoms with van der Waals surface area (Å²) in [6, 6.07) is 8.94. The number of carbonyl (C=O) groups excluding carboxylic acids is 3. The van der Waals surface area contributed by atoms with E-state index in [2.05, 4.69) is 0 Å². The predicted molar refractivity (Wildman–Crippen MR) is 90.9 cm³/mol. The maximum Gasteiger partial charge on any atom is 0.308 e. The molecule has 0 N–H and O–H groups in total. The molecular weight excluding hydrogens is 308 g/mol. The molecule has 2 atom stereocenters. The van der Waals surface area contributed by atoms with Crippen molar-refractivity contribution in [1.82, 2.24) is 0 Å². The number of hydrogen-bond donors (Lipinski definition) is 0. The van der Waals surface area contributed by atoms with E-state index in [1.807, 2.05) is 13.0 Å². The molecule has 0 aliphatic heterocycles. The number of methoxy groups -OCH3 is 1. The fraction of sp³-hybridized carbons (Fsp3) is 0.526. The lowest BCUT2D eigenvalue weighted by molar-refractivity contribution is -0.153. The van der Waals surface area contributed by atoms with Crippen molar-refractivity contribution in [2.75, 3.05) is 7.11 Å². The van der Waals surface area contributed by atoms with E-state index in [0.29, 0.717) is 18.4 Å². The average molecular weight is 334 g/mol. The normalized spacial score (nSPS) is 13.1. The Hall–Kier alpha value is -2.01. The Kier molecular flexibility index (Phi) is 8.94. The van der Waals surface area contributed by atoms with Gasteiger partial charge in [0.15, 0.2) is 5.78 Å². The van der Waals surface area contributed by atoms with Crippen molar-refractivity contribution >= 4 is 17.5 Å². The van der Waals surface area contributed by atoms with Crippen LogP contribution >= 0.6 is 0 Å². The van der Waals surface area contributed by atoms with Crippen LogP contribution in [0.5, 0.6) is 0 Å². The molecule has 1 rings (SSSR count). The van der Waals surface area contributed by atoms with Gasteiger partial charge in [0.05, 0.1) is 12.5 Å². The molecule has 0 saturated carbocycles. The SMILES string of the molecule is CCC(CC(=O)OC(CCC(=O)c1ccccc1)CC(C)=O)OC. The Labute approximate surface area is 143 Å². The van der Waals surface area contributed by atoms with Gasteiger partial charge >= 0.3 is 5.97 Å². The van der Waals surface area contributed by atoms with Gasteiger partial charge in [0.2, 0.25) is 0 Å². The second kappa shape index (κ2) is 10.7. The van der Waals surface area contributed by atoms with Crippen molar-refractivity contribution in [3.63, 3.8) is 0 Å². The van der Waals surface area contributed by atoms with Gasteiger partial charge in [-0.25, -0.2) is 0 Å². The van der Waals surface area contributed by atoms with Gasteiger partial charge < -0.3 is 9.47 Å². The molecule has 1 aromatic rings. The monoisotopic (exact) mass is 334 g/mol. The third-order valence-electron chi connectivity index (χ3n) is 3.79. The van der Waals surface area contributed by atoms with Crippen molar-refractivity contribution in [2.24, 2.45) is 0 Å². The van der Waals surface area contributed by atoms with E-state index in [1.165, 1.54) is 6.92 Å². The number of hydrogen-bond acceptors (Lipinski definition) is 5. The standard InChI is InChI=1S/C19H26O5/c1-4-16(23-3)13-19(22)24-17(12-14(2)20)10-11-18(21)15-8-6-5-7-9-15/h5-9,16-17H,4,10-13H2,1-3H3. The van der Waals surface area contributed by atoms with Crippen molar-refractivity contribution in [3.05, 3.63) is 35.9 Å². The summed E-state index contributed by atoms with van der Waals surface area (Å²) < 4.78 is 10.6. The smallest absolute Gasteiger partial charge is 0.308 e. The minimum atomic E-state index is -0.572. The van der Waals surface area contributed by atoms with Gasteiger partial charge in [-0.3, -0.25) is 14.4 Å². The Bertz CT molecular complexity index is 534. The minimum Gasteiger partial charge on any atom is -0.462 e. The van der Waals surface area contributed by atoms with Crippen molar-refractivity contribution < 1.29 is 23.9 Å². The van der Waals surface area contributed by atoms with E-state index < -0.39 is 12.1 Å². The van der Waals surface area contributed by atoms with Gasteiger partial charge in [-0.2, -0.15) is 0 Å². The molecule has 0 aliphatic rings. The number of Topliss-reactive ketones (excluding diaryl/α,β-unsaturated/α-hetero) is 2. The van der Waals surface area contributed by atoms with Crippen LogP contribution in [-0.2, 0) is 19.1 Å². The fourth-order valence-corrected chi connectivity index (χ4v) is 2.40. The van der Waals surface area contributed by atoms with Crippen LogP contribution in [-0.4, -0.2) is 36.9 Å². The molecule has 24 heavy (non-hydrogen) atoms. The highest BCUT2D eigenvalue weighted by Crippen LogP contribution is 2.14. The highest BCUT2D eigenvalue weighted by molar-refractivity contribution is 5.96. The number of ketones is 2. The molecule has 0 heterocycles. The molecule has 2 unspecified atom stereocenters. The lowest BCUT2D eigenvalue weighted by Gasteiger charge is -2.18. The predicted octanol–water partition coefficient (Wildman–Crippen LogP) is 3.36. The summed E-state index contributed by atoms with van der Waals surface area (Å²) in [5.41, 5.74) is 0.621. The highest BCUT2D eigenvalue weighted by atomic mass is 16.5. The van der Waals surface area contributed by atoms with Crippen LogP contribution in [0.3, 0.4) is 0 Å². The maximum absolute atomic E-state index is 12.1.